The van der Waals surface area contributed by atoms with Crippen molar-refractivity contribution < 1.29 is 9.47 Å². The maximum Gasteiger partial charge on any atom is 0.430 e. The monoisotopic (exact) mass is 304 g/mol. The van der Waals surface area contributed by atoms with Gasteiger partial charge in [0.1, 0.15) is 0 Å². The molecule has 1 saturated heterocycles. The lowest BCUT2D eigenvalue weighted by Crippen LogP contribution is -2.19. The first-order valence-electron chi connectivity index (χ1n) is 8.33. The normalized spacial score (nSPS) is 14.0. The second-order valence-electron chi connectivity index (χ2n) is 5.63. The average Bonchev–Trinajstić information content (AvgIpc) is 3.07. The summed E-state index contributed by atoms with van der Waals surface area (Å²) in [7, 11) is 0. The van der Waals surface area contributed by atoms with Gasteiger partial charge in [0.25, 0.3) is 0 Å². The van der Waals surface area contributed by atoms with E-state index in [1.165, 1.54) is 12.8 Å². The summed E-state index contributed by atoms with van der Waals surface area (Å²) < 4.78 is 11.6. The molecule has 5 heteroatoms. The molecule has 1 fully saturated rings. The van der Waals surface area contributed by atoms with E-state index in [4.69, 9.17) is 9.47 Å². The van der Waals surface area contributed by atoms with Gasteiger partial charge in [-0.15, -0.1) is 0 Å². The Morgan fingerprint density at radius 1 is 1.05 bits per heavy atom. The highest BCUT2D eigenvalue weighted by Crippen LogP contribution is 2.41. The van der Waals surface area contributed by atoms with Crippen LogP contribution in [0.4, 0.5) is 11.4 Å². The number of anilines is 1. The minimum absolute atomic E-state index is 0.433. The van der Waals surface area contributed by atoms with Crippen molar-refractivity contribution in [3.63, 3.8) is 0 Å². The van der Waals surface area contributed by atoms with Gasteiger partial charge < -0.3 is 14.4 Å². The molecule has 0 saturated carbocycles. The van der Waals surface area contributed by atoms with Crippen LogP contribution in [0, 0.1) is 5.39 Å². The molecule has 0 aliphatic carbocycles. The lowest BCUT2D eigenvalue weighted by atomic mass is 10.2. The van der Waals surface area contributed by atoms with Gasteiger partial charge in [-0.2, -0.15) is 0 Å². The maximum atomic E-state index is 9.25. The lowest BCUT2D eigenvalue weighted by Gasteiger charge is -2.21. The Hall–Kier alpha value is -1.96. The van der Waals surface area contributed by atoms with E-state index in [0.717, 1.165) is 43.8 Å². The zero-order chi connectivity index (χ0) is 15.8. The molecule has 0 amide bonds. The van der Waals surface area contributed by atoms with Crippen LogP contribution in [-0.2, 0) is 0 Å². The summed E-state index contributed by atoms with van der Waals surface area (Å²) in [6.07, 6.45) is 5.42. The second kappa shape index (κ2) is 8.47. The molecule has 5 nitrogen and oxygen atoms in total. The SMILES string of the molecule is CCCCOc1cc([N+]#N)c(OCCC)cc1N1CCCC1. The summed E-state index contributed by atoms with van der Waals surface area (Å²) in [6.45, 7) is 7.55. The standard InChI is InChI=1S/C17H26N3O2/c1-3-5-11-22-17-12-14(19-18)16(21-10-4-2)13-15(17)20-8-6-7-9-20/h12-13H,3-11H2,1-2H3/q+1. The van der Waals surface area contributed by atoms with Crippen molar-refractivity contribution in [1.82, 2.24) is 0 Å². The van der Waals surface area contributed by atoms with Crippen molar-refractivity contribution in [2.45, 2.75) is 46.0 Å². The molecule has 0 unspecified atom stereocenters. The number of benzene rings is 1. The van der Waals surface area contributed by atoms with Gasteiger partial charge in [-0.1, -0.05) is 20.3 Å². The van der Waals surface area contributed by atoms with Crippen LogP contribution < -0.4 is 14.4 Å². The lowest BCUT2D eigenvalue weighted by molar-refractivity contribution is 0.305. The molecule has 1 aromatic rings. The first-order chi connectivity index (χ1) is 10.8. The molecule has 1 aliphatic rings. The van der Waals surface area contributed by atoms with Gasteiger partial charge in [0.15, 0.2) is 10.7 Å². The second-order valence-corrected chi connectivity index (χ2v) is 5.63. The molecule has 2 rings (SSSR count). The number of unbranched alkanes of at least 4 members (excludes halogenated alkanes) is 1. The van der Waals surface area contributed by atoms with Crippen LogP contribution in [0.1, 0.15) is 46.0 Å². The van der Waals surface area contributed by atoms with Gasteiger partial charge in [0, 0.05) is 19.2 Å². The molecule has 0 aromatic heterocycles. The largest absolute Gasteiger partial charge is 0.491 e. The van der Waals surface area contributed by atoms with E-state index in [1.807, 2.05) is 6.07 Å². The first kappa shape index (κ1) is 16.4. The number of diazo groups is 1. The smallest absolute Gasteiger partial charge is 0.430 e. The Balaban J connectivity index is 2.29. The van der Waals surface area contributed by atoms with E-state index >= 15 is 0 Å². The highest BCUT2D eigenvalue weighted by atomic mass is 16.5. The van der Waals surface area contributed by atoms with E-state index in [1.54, 1.807) is 6.07 Å². The van der Waals surface area contributed by atoms with Crippen molar-refractivity contribution in [3.8, 4) is 11.5 Å². The van der Waals surface area contributed by atoms with E-state index < -0.39 is 0 Å². The molecule has 0 radical (unpaired) electrons. The Bertz CT molecular complexity index is 519. The maximum absolute atomic E-state index is 9.25. The van der Waals surface area contributed by atoms with Crippen LogP contribution >= 0.6 is 0 Å². The van der Waals surface area contributed by atoms with Gasteiger partial charge in [-0.25, -0.2) is 0 Å². The fourth-order valence-corrected chi connectivity index (χ4v) is 2.59. The summed E-state index contributed by atoms with van der Waals surface area (Å²) in [6, 6.07) is 3.74. The third-order valence-electron chi connectivity index (χ3n) is 3.81. The number of ether oxygens (including phenoxy) is 2. The minimum atomic E-state index is 0.433. The molecule has 1 heterocycles. The number of nitrogens with zero attached hydrogens (tertiary/aromatic N) is 3. The molecule has 0 atom stereocenters. The van der Waals surface area contributed by atoms with Crippen LogP contribution in [0.5, 0.6) is 11.5 Å². The van der Waals surface area contributed by atoms with E-state index in [2.05, 4.69) is 23.7 Å². The predicted octanol–water partition coefficient (Wildman–Crippen LogP) is 4.74. The van der Waals surface area contributed by atoms with Gasteiger partial charge >= 0.3 is 5.69 Å². The van der Waals surface area contributed by atoms with Crippen LogP contribution in [0.15, 0.2) is 12.1 Å². The van der Waals surface area contributed by atoms with Crippen LogP contribution in [0.3, 0.4) is 0 Å². The van der Waals surface area contributed by atoms with Gasteiger partial charge in [-0.3, -0.25) is 0 Å². The zero-order valence-corrected chi connectivity index (χ0v) is 13.7. The number of rotatable bonds is 8. The summed E-state index contributed by atoms with van der Waals surface area (Å²) in [5.41, 5.74) is 1.48. The molecule has 22 heavy (non-hydrogen) atoms. The number of hydrogen-bond acceptors (Lipinski definition) is 4. The third-order valence-corrected chi connectivity index (χ3v) is 3.81. The van der Waals surface area contributed by atoms with Crippen molar-refractivity contribution in [1.29, 1.82) is 5.39 Å². The van der Waals surface area contributed by atoms with Crippen LogP contribution in [0.25, 0.3) is 4.98 Å². The molecule has 120 valence electrons. The Morgan fingerprint density at radius 3 is 2.41 bits per heavy atom. The van der Waals surface area contributed by atoms with Crippen molar-refractivity contribution in [2.75, 3.05) is 31.2 Å². The number of hydrogen-bond donors (Lipinski definition) is 0. The summed E-state index contributed by atoms with van der Waals surface area (Å²) in [5, 5.41) is 9.25. The Kier molecular flexibility index (Phi) is 6.32. The van der Waals surface area contributed by atoms with Crippen LogP contribution in [0.2, 0.25) is 0 Å². The fourth-order valence-electron chi connectivity index (χ4n) is 2.59. The molecule has 1 aromatic carbocycles. The van der Waals surface area contributed by atoms with Crippen molar-refractivity contribution >= 4 is 11.4 Å². The third kappa shape index (κ3) is 4.03. The zero-order valence-electron chi connectivity index (χ0n) is 13.7. The summed E-state index contributed by atoms with van der Waals surface area (Å²) in [5.74, 6) is 1.40. The summed E-state index contributed by atoms with van der Waals surface area (Å²) in [4.78, 5) is 5.68. The summed E-state index contributed by atoms with van der Waals surface area (Å²) >= 11 is 0. The predicted molar refractivity (Wildman–Crippen MR) is 88.8 cm³/mol. The first-order valence-corrected chi connectivity index (χ1v) is 8.33. The molecular weight excluding hydrogens is 278 g/mol. The van der Waals surface area contributed by atoms with Crippen molar-refractivity contribution in [2.24, 2.45) is 0 Å². The molecule has 0 bridgehead atoms. The highest BCUT2D eigenvalue weighted by Gasteiger charge is 2.25. The molecule has 1 aliphatic heterocycles. The topological polar surface area (TPSA) is 49.9 Å². The molecule has 0 N–H and O–H groups in total. The Labute approximate surface area is 132 Å². The fraction of sp³-hybridized carbons (Fsp3) is 0.647. The van der Waals surface area contributed by atoms with Gasteiger partial charge in [-0.05, 0) is 25.7 Å². The van der Waals surface area contributed by atoms with Crippen LogP contribution in [-0.4, -0.2) is 26.3 Å². The van der Waals surface area contributed by atoms with E-state index in [-0.39, 0.29) is 0 Å². The van der Waals surface area contributed by atoms with E-state index in [9.17, 15) is 5.39 Å². The van der Waals surface area contributed by atoms with Gasteiger partial charge in [0.2, 0.25) is 11.1 Å². The highest BCUT2D eigenvalue weighted by molar-refractivity contribution is 5.72. The quantitative estimate of drug-likeness (QED) is 0.514. The van der Waals surface area contributed by atoms with Crippen molar-refractivity contribution in [3.05, 3.63) is 17.1 Å². The van der Waals surface area contributed by atoms with Gasteiger partial charge in [0.05, 0.1) is 25.0 Å². The molecule has 0 spiro atoms. The van der Waals surface area contributed by atoms with E-state index in [0.29, 0.717) is 24.7 Å². The molecular formula is C17H26N3O2+. The average molecular weight is 304 g/mol. The Morgan fingerprint density at radius 2 is 1.77 bits per heavy atom. The minimum Gasteiger partial charge on any atom is -0.491 e.